The van der Waals surface area contributed by atoms with E-state index < -0.39 is 5.97 Å². The highest BCUT2D eigenvalue weighted by Gasteiger charge is 2.36. The van der Waals surface area contributed by atoms with Crippen molar-refractivity contribution < 1.29 is 14.7 Å². The van der Waals surface area contributed by atoms with Gasteiger partial charge in [0.15, 0.2) is 0 Å². The summed E-state index contributed by atoms with van der Waals surface area (Å²) in [6.45, 7) is 2.53. The summed E-state index contributed by atoms with van der Waals surface area (Å²) < 4.78 is 0. The van der Waals surface area contributed by atoms with Gasteiger partial charge in [0.2, 0.25) is 0 Å². The van der Waals surface area contributed by atoms with Gasteiger partial charge in [0.05, 0.1) is 0 Å². The average molecular weight is 214 g/mol. The second kappa shape index (κ2) is 5.58. The van der Waals surface area contributed by atoms with Gasteiger partial charge in [-0.05, 0) is 18.8 Å². The van der Waals surface area contributed by atoms with Crippen LogP contribution < -0.4 is 10.6 Å². The Morgan fingerprint density at radius 3 is 2.73 bits per heavy atom. The molecule has 1 aliphatic carbocycles. The van der Waals surface area contributed by atoms with Crippen molar-refractivity contribution in [3.8, 4) is 0 Å². The summed E-state index contributed by atoms with van der Waals surface area (Å²) in [7, 11) is 0. The first kappa shape index (κ1) is 11.8. The van der Waals surface area contributed by atoms with E-state index in [0.29, 0.717) is 24.9 Å². The first-order chi connectivity index (χ1) is 7.13. The molecule has 0 aromatic heterocycles. The summed E-state index contributed by atoms with van der Waals surface area (Å²) in [5, 5.41) is 13.9. The lowest BCUT2D eigenvalue weighted by molar-refractivity contribution is -0.137. The molecular weight excluding hydrogens is 196 g/mol. The van der Waals surface area contributed by atoms with Gasteiger partial charge in [-0.25, -0.2) is 4.79 Å². The first-order valence-corrected chi connectivity index (χ1v) is 5.39. The molecule has 1 saturated carbocycles. The lowest BCUT2D eigenvalue weighted by Gasteiger charge is -2.05. The molecule has 2 atom stereocenters. The van der Waals surface area contributed by atoms with Crippen LogP contribution in [0.4, 0.5) is 4.79 Å². The highest BCUT2D eigenvalue weighted by atomic mass is 16.4. The van der Waals surface area contributed by atoms with Crippen molar-refractivity contribution in [3.63, 3.8) is 0 Å². The molecule has 1 rings (SSSR count). The van der Waals surface area contributed by atoms with E-state index >= 15 is 0 Å². The second-order valence-electron chi connectivity index (χ2n) is 3.91. The number of hydrogen-bond donors (Lipinski definition) is 3. The maximum Gasteiger partial charge on any atom is 0.315 e. The number of rotatable bonds is 6. The van der Waals surface area contributed by atoms with E-state index in [4.69, 9.17) is 5.11 Å². The molecule has 5 heteroatoms. The molecule has 0 heterocycles. The van der Waals surface area contributed by atoms with Gasteiger partial charge in [0.1, 0.15) is 0 Å². The van der Waals surface area contributed by atoms with E-state index in [1.165, 1.54) is 0 Å². The fraction of sp³-hybridized carbons (Fsp3) is 0.800. The minimum atomic E-state index is -0.828. The predicted molar refractivity (Wildman–Crippen MR) is 55.6 cm³/mol. The summed E-state index contributed by atoms with van der Waals surface area (Å²) in [4.78, 5) is 21.4. The van der Waals surface area contributed by atoms with Crippen LogP contribution in [0.15, 0.2) is 0 Å². The third kappa shape index (κ3) is 4.67. The SMILES string of the molecule is CCC1CC1NC(=O)NCCCC(=O)O. The number of aliphatic carboxylic acids is 1. The zero-order chi connectivity index (χ0) is 11.3. The largest absolute Gasteiger partial charge is 0.481 e. The number of carboxylic acids is 1. The molecule has 0 aromatic carbocycles. The molecule has 5 nitrogen and oxygen atoms in total. The van der Waals surface area contributed by atoms with Gasteiger partial charge in [0, 0.05) is 19.0 Å². The smallest absolute Gasteiger partial charge is 0.315 e. The number of carboxylic acid groups (broad SMARTS) is 1. The quantitative estimate of drug-likeness (QED) is 0.576. The van der Waals surface area contributed by atoms with Crippen LogP contribution in [-0.2, 0) is 4.79 Å². The van der Waals surface area contributed by atoms with E-state index in [0.717, 1.165) is 12.8 Å². The molecule has 15 heavy (non-hydrogen) atoms. The van der Waals surface area contributed by atoms with Gasteiger partial charge in [-0.1, -0.05) is 13.3 Å². The maximum atomic E-state index is 11.2. The molecule has 0 aliphatic heterocycles. The molecular formula is C10H18N2O3. The maximum absolute atomic E-state index is 11.2. The Hall–Kier alpha value is -1.26. The Morgan fingerprint density at radius 2 is 2.20 bits per heavy atom. The molecule has 1 aliphatic rings. The molecule has 0 aromatic rings. The summed E-state index contributed by atoms with van der Waals surface area (Å²) in [5.74, 6) is -0.194. The molecule has 2 amide bonds. The summed E-state index contributed by atoms with van der Waals surface area (Å²) in [6.07, 6.45) is 2.74. The first-order valence-electron chi connectivity index (χ1n) is 5.39. The molecule has 0 saturated heterocycles. The predicted octanol–water partition coefficient (Wildman–Crippen LogP) is 0.949. The van der Waals surface area contributed by atoms with Crippen LogP contribution in [0.1, 0.15) is 32.6 Å². The van der Waals surface area contributed by atoms with Crippen molar-refractivity contribution in [2.45, 2.75) is 38.6 Å². The molecule has 3 N–H and O–H groups in total. The van der Waals surface area contributed by atoms with Crippen molar-refractivity contribution in [2.24, 2.45) is 5.92 Å². The van der Waals surface area contributed by atoms with Gasteiger partial charge in [-0.15, -0.1) is 0 Å². The van der Waals surface area contributed by atoms with Crippen LogP contribution in [0.2, 0.25) is 0 Å². The highest BCUT2D eigenvalue weighted by molar-refractivity contribution is 5.74. The Morgan fingerprint density at radius 1 is 1.47 bits per heavy atom. The number of carbonyl (C=O) groups excluding carboxylic acids is 1. The molecule has 0 spiro atoms. The molecule has 0 radical (unpaired) electrons. The van der Waals surface area contributed by atoms with E-state index in [1.807, 2.05) is 0 Å². The summed E-state index contributed by atoms with van der Waals surface area (Å²) in [5.41, 5.74) is 0. The van der Waals surface area contributed by atoms with E-state index in [-0.39, 0.29) is 12.5 Å². The monoisotopic (exact) mass is 214 g/mol. The fourth-order valence-electron chi connectivity index (χ4n) is 1.54. The zero-order valence-corrected chi connectivity index (χ0v) is 8.95. The molecule has 2 unspecified atom stereocenters. The van der Waals surface area contributed by atoms with E-state index in [2.05, 4.69) is 17.6 Å². The lowest BCUT2D eigenvalue weighted by atomic mass is 10.3. The van der Waals surface area contributed by atoms with E-state index in [1.54, 1.807) is 0 Å². The van der Waals surface area contributed by atoms with Crippen LogP contribution in [0.5, 0.6) is 0 Å². The third-order valence-corrected chi connectivity index (χ3v) is 2.62. The number of hydrogen-bond acceptors (Lipinski definition) is 2. The number of carbonyl (C=O) groups is 2. The molecule has 0 bridgehead atoms. The van der Waals surface area contributed by atoms with Crippen molar-refractivity contribution >= 4 is 12.0 Å². The number of urea groups is 1. The van der Waals surface area contributed by atoms with Gasteiger partial charge >= 0.3 is 12.0 Å². The fourth-order valence-corrected chi connectivity index (χ4v) is 1.54. The van der Waals surface area contributed by atoms with Crippen LogP contribution in [-0.4, -0.2) is 29.7 Å². The number of nitrogens with one attached hydrogen (secondary N) is 2. The molecule has 1 fully saturated rings. The third-order valence-electron chi connectivity index (χ3n) is 2.62. The van der Waals surface area contributed by atoms with Crippen LogP contribution in [0.3, 0.4) is 0 Å². The minimum absolute atomic E-state index is 0.0985. The Balaban J connectivity index is 1.97. The highest BCUT2D eigenvalue weighted by Crippen LogP contribution is 2.32. The van der Waals surface area contributed by atoms with Crippen molar-refractivity contribution in [3.05, 3.63) is 0 Å². The number of amides is 2. The molecule has 86 valence electrons. The normalized spacial score (nSPS) is 23.3. The van der Waals surface area contributed by atoms with Gasteiger partial charge in [-0.2, -0.15) is 0 Å². The average Bonchev–Trinajstić information content (AvgIpc) is 2.91. The minimum Gasteiger partial charge on any atom is -0.481 e. The Kier molecular flexibility index (Phi) is 4.39. The summed E-state index contributed by atoms with van der Waals surface area (Å²) >= 11 is 0. The van der Waals surface area contributed by atoms with Gasteiger partial charge in [0.25, 0.3) is 0 Å². The van der Waals surface area contributed by atoms with Crippen molar-refractivity contribution in [1.82, 2.24) is 10.6 Å². The summed E-state index contributed by atoms with van der Waals surface area (Å²) in [6, 6.07) is 0.149. The van der Waals surface area contributed by atoms with Crippen LogP contribution in [0, 0.1) is 5.92 Å². The lowest BCUT2D eigenvalue weighted by Crippen LogP contribution is -2.38. The van der Waals surface area contributed by atoms with Crippen LogP contribution in [0.25, 0.3) is 0 Å². The van der Waals surface area contributed by atoms with Gasteiger partial charge in [-0.3, -0.25) is 4.79 Å². The van der Waals surface area contributed by atoms with Crippen molar-refractivity contribution in [2.75, 3.05) is 6.54 Å². The second-order valence-corrected chi connectivity index (χ2v) is 3.91. The van der Waals surface area contributed by atoms with Crippen LogP contribution >= 0.6 is 0 Å². The Bertz CT molecular complexity index is 243. The zero-order valence-electron chi connectivity index (χ0n) is 8.95. The van der Waals surface area contributed by atoms with E-state index in [9.17, 15) is 9.59 Å². The topological polar surface area (TPSA) is 78.4 Å². The Labute approximate surface area is 89.2 Å². The van der Waals surface area contributed by atoms with Crippen molar-refractivity contribution in [1.29, 1.82) is 0 Å². The van der Waals surface area contributed by atoms with Gasteiger partial charge < -0.3 is 15.7 Å². The standard InChI is InChI=1S/C10H18N2O3/c1-2-7-6-8(7)12-10(15)11-5-3-4-9(13)14/h7-8H,2-6H2,1H3,(H,13,14)(H2,11,12,15).